The van der Waals surface area contributed by atoms with Crippen LogP contribution in [-0.4, -0.2) is 0 Å². The first-order chi connectivity index (χ1) is 15.8. The van der Waals surface area contributed by atoms with Crippen molar-refractivity contribution in [3.63, 3.8) is 0 Å². The Balaban J connectivity index is 1.31. The van der Waals surface area contributed by atoms with Crippen LogP contribution in [0.5, 0.6) is 0 Å². The highest BCUT2D eigenvalue weighted by atomic mass is 14.9. The molecule has 0 saturated heterocycles. The average molecular weight is 414 g/mol. The fourth-order valence-electron chi connectivity index (χ4n) is 4.28. The molecule has 0 bridgehead atoms. The summed E-state index contributed by atoms with van der Waals surface area (Å²) >= 11 is 0. The molecule has 0 aromatic heterocycles. The number of hydrogen-bond acceptors (Lipinski definition) is 1. The summed E-state index contributed by atoms with van der Waals surface area (Å²) in [7, 11) is 0. The van der Waals surface area contributed by atoms with Gasteiger partial charge in [-0.25, -0.2) is 0 Å². The largest absolute Gasteiger partial charge is 0.359 e. The van der Waals surface area contributed by atoms with E-state index in [1.54, 1.807) is 0 Å². The molecule has 156 valence electrons. The highest BCUT2D eigenvalue weighted by Gasteiger charge is 2.06. The van der Waals surface area contributed by atoms with Crippen molar-refractivity contribution in [3.8, 4) is 11.1 Å². The van der Waals surface area contributed by atoms with E-state index >= 15 is 0 Å². The lowest BCUT2D eigenvalue weighted by molar-refractivity contribution is 0.941. The summed E-state index contributed by atoms with van der Waals surface area (Å²) in [4.78, 5) is 0. The van der Waals surface area contributed by atoms with E-state index in [1.165, 1.54) is 43.6 Å². The van der Waals surface area contributed by atoms with E-state index in [0.29, 0.717) is 0 Å². The first kappa shape index (κ1) is 20.1. The SMILES string of the molecule is C/C=c1/cccc/c1=C/C1=CC=C(Nc2ccc(-c3ccc4ccccc4c3)cc2)CC1. The molecule has 32 heavy (non-hydrogen) atoms. The van der Waals surface area contributed by atoms with Gasteiger partial charge in [0.1, 0.15) is 0 Å². The van der Waals surface area contributed by atoms with Crippen LogP contribution in [0.4, 0.5) is 5.69 Å². The lowest BCUT2D eigenvalue weighted by atomic mass is 10.00. The first-order valence-electron chi connectivity index (χ1n) is 11.3. The number of benzene rings is 4. The molecule has 0 unspecified atom stereocenters. The monoisotopic (exact) mass is 413 g/mol. The Kier molecular flexibility index (Phi) is 5.72. The second kappa shape index (κ2) is 9.11. The summed E-state index contributed by atoms with van der Waals surface area (Å²) in [6.45, 7) is 2.09. The molecule has 1 heteroatoms. The number of fused-ring (bicyclic) bond motifs is 1. The minimum absolute atomic E-state index is 1.02. The van der Waals surface area contributed by atoms with Crippen LogP contribution >= 0.6 is 0 Å². The van der Waals surface area contributed by atoms with Crippen LogP contribution in [0.1, 0.15) is 19.8 Å². The fourth-order valence-corrected chi connectivity index (χ4v) is 4.28. The minimum atomic E-state index is 1.02. The van der Waals surface area contributed by atoms with Gasteiger partial charge in [-0.2, -0.15) is 0 Å². The van der Waals surface area contributed by atoms with Crippen LogP contribution in [0.2, 0.25) is 0 Å². The molecule has 0 radical (unpaired) electrons. The van der Waals surface area contributed by atoms with Crippen molar-refractivity contribution in [1.29, 1.82) is 0 Å². The summed E-state index contributed by atoms with van der Waals surface area (Å²) < 4.78 is 0. The normalized spacial score (nSPS) is 14.9. The van der Waals surface area contributed by atoms with Crippen molar-refractivity contribution in [3.05, 3.63) is 125 Å². The van der Waals surface area contributed by atoms with E-state index in [-0.39, 0.29) is 0 Å². The Morgan fingerprint density at radius 3 is 2.12 bits per heavy atom. The maximum Gasteiger partial charge on any atom is 0.0382 e. The average Bonchev–Trinajstić information content (AvgIpc) is 2.86. The molecular weight excluding hydrogens is 386 g/mol. The molecule has 0 saturated carbocycles. The van der Waals surface area contributed by atoms with Crippen LogP contribution in [0, 0.1) is 0 Å². The third-order valence-corrected chi connectivity index (χ3v) is 6.10. The van der Waals surface area contributed by atoms with Crippen molar-refractivity contribution in [2.24, 2.45) is 0 Å². The van der Waals surface area contributed by atoms with Crippen LogP contribution in [0.3, 0.4) is 0 Å². The van der Waals surface area contributed by atoms with Gasteiger partial charge in [-0.1, -0.05) is 91.0 Å². The zero-order valence-electron chi connectivity index (χ0n) is 18.4. The maximum absolute atomic E-state index is 3.59. The van der Waals surface area contributed by atoms with Crippen LogP contribution in [0.25, 0.3) is 34.1 Å². The molecule has 1 aliphatic carbocycles. The van der Waals surface area contributed by atoms with E-state index < -0.39 is 0 Å². The summed E-state index contributed by atoms with van der Waals surface area (Å²) in [5.74, 6) is 0. The Labute approximate surface area is 189 Å². The molecule has 0 atom stereocenters. The molecule has 0 spiro atoms. The zero-order valence-corrected chi connectivity index (χ0v) is 18.4. The molecule has 1 N–H and O–H groups in total. The van der Waals surface area contributed by atoms with E-state index in [2.05, 4.69) is 128 Å². The molecular formula is C31H27N. The van der Waals surface area contributed by atoms with E-state index in [0.717, 1.165) is 18.5 Å². The van der Waals surface area contributed by atoms with E-state index in [9.17, 15) is 0 Å². The van der Waals surface area contributed by atoms with E-state index in [1.807, 2.05) is 0 Å². The van der Waals surface area contributed by atoms with Gasteiger partial charge in [-0.15, -0.1) is 0 Å². The fraction of sp³-hybridized carbons (Fsp3) is 0.0968. The van der Waals surface area contributed by atoms with Gasteiger partial charge in [0.15, 0.2) is 0 Å². The molecule has 4 aromatic carbocycles. The Bertz CT molecular complexity index is 1440. The predicted octanol–water partition coefficient (Wildman–Crippen LogP) is 6.80. The van der Waals surface area contributed by atoms with Crippen molar-refractivity contribution in [2.75, 3.05) is 5.32 Å². The van der Waals surface area contributed by atoms with Crippen molar-refractivity contribution < 1.29 is 0 Å². The summed E-state index contributed by atoms with van der Waals surface area (Å²) in [6, 6.07) is 32.4. The highest BCUT2D eigenvalue weighted by Crippen LogP contribution is 2.27. The second-order valence-corrected chi connectivity index (χ2v) is 8.26. The Hall–Kier alpha value is -3.84. The number of rotatable bonds is 4. The van der Waals surface area contributed by atoms with Crippen LogP contribution in [0.15, 0.2) is 114 Å². The first-order valence-corrected chi connectivity index (χ1v) is 11.3. The molecule has 0 fully saturated rings. The predicted molar refractivity (Wildman–Crippen MR) is 139 cm³/mol. The van der Waals surface area contributed by atoms with Gasteiger partial charge in [0, 0.05) is 11.4 Å². The van der Waals surface area contributed by atoms with Crippen molar-refractivity contribution in [2.45, 2.75) is 19.8 Å². The topological polar surface area (TPSA) is 12.0 Å². The minimum Gasteiger partial charge on any atom is -0.359 e. The quantitative estimate of drug-likeness (QED) is 0.388. The maximum atomic E-state index is 3.59. The molecule has 1 aliphatic rings. The highest BCUT2D eigenvalue weighted by molar-refractivity contribution is 5.87. The standard InChI is InChI=1S/C31H27N/c1-2-24-7-3-5-9-27(24)21-23-11-17-30(18-12-23)32-31-19-15-26(16-20-31)29-14-13-25-8-4-6-10-28(25)22-29/h2-11,13-17,19-22,32H,12,18H2,1H3/b24-2-,27-21-. The van der Waals surface area contributed by atoms with Crippen LogP contribution in [-0.2, 0) is 0 Å². The van der Waals surface area contributed by atoms with Gasteiger partial charge < -0.3 is 5.32 Å². The summed E-state index contributed by atoms with van der Waals surface area (Å²) in [5.41, 5.74) is 6.25. The zero-order chi connectivity index (χ0) is 21.8. The third kappa shape index (κ3) is 4.43. The van der Waals surface area contributed by atoms with Crippen LogP contribution < -0.4 is 15.8 Å². The smallest absolute Gasteiger partial charge is 0.0382 e. The number of anilines is 1. The van der Waals surface area contributed by atoms with Crippen molar-refractivity contribution in [1.82, 2.24) is 0 Å². The number of allylic oxidation sites excluding steroid dienone is 4. The summed E-state index contributed by atoms with van der Waals surface area (Å²) in [5, 5.41) is 8.72. The molecule has 0 aliphatic heterocycles. The summed E-state index contributed by atoms with van der Waals surface area (Å²) in [6.07, 6.45) is 11.0. The van der Waals surface area contributed by atoms with Gasteiger partial charge in [-0.3, -0.25) is 0 Å². The van der Waals surface area contributed by atoms with Gasteiger partial charge in [0.05, 0.1) is 0 Å². The number of hydrogen-bond donors (Lipinski definition) is 1. The van der Waals surface area contributed by atoms with E-state index in [4.69, 9.17) is 0 Å². The number of nitrogens with one attached hydrogen (secondary N) is 1. The van der Waals surface area contributed by atoms with Gasteiger partial charge >= 0.3 is 0 Å². The lowest BCUT2D eigenvalue weighted by Gasteiger charge is -2.15. The third-order valence-electron chi connectivity index (χ3n) is 6.10. The molecule has 4 aromatic rings. The Morgan fingerprint density at radius 1 is 0.656 bits per heavy atom. The molecule has 1 nitrogen and oxygen atoms in total. The van der Waals surface area contributed by atoms with Gasteiger partial charge in [-0.05, 0) is 82.0 Å². The Morgan fingerprint density at radius 2 is 1.38 bits per heavy atom. The second-order valence-electron chi connectivity index (χ2n) is 8.26. The molecule has 5 rings (SSSR count). The van der Waals surface area contributed by atoms with Gasteiger partial charge in [0.25, 0.3) is 0 Å². The lowest BCUT2D eigenvalue weighted by Crippen LogP contribution is -2.23. The van der Waals surface area contributed by atoms with Crippen molar-refractivity contribution >= 4 is 28.6 Å². The van der Waals surface area contributed by atoms with Gasteiger partial charge in [0.2, 0.25) is 0 Å². The molecule has 0 amide bonds. The molecule has 0 heterocycles.